The number of hydrogen-bond acceptors (Lipinski definition) is 4. The van der Waals surface area contributed by atoms with Crippen molar-refractivity contribution in [1.29, 1.82) is 0 Å². The summed E-state index contributed by atoms with van der Waals surface area (Å²) < 4.78 is 0. The van der Waals surface area contributed by atoms with Gasteiger partial charge < -0.3 is 10.4 Å². The summed E-state index contributed by atoms with van der Waals surface area (Å²) in [5.74, 6) is -0.144. The molecule has 0 spiro atoms. The van der Waals surface area contributed by atoms with E-state index in [9.17, 15) is 9.59 Å². The highest BCUT2D eigenvalue weighted by molar-refractivity contribution is 8.00. The molecule has 0 radical (unpaired) electrons. The molecule has 2 rings (SSSR count). The molecule has 1 atom stereocenters. The molecule has 0 saturated carbocycles. The van der Waals surface area contributed by atoms with E-state index in [-0.39, 0.29) is 16.9 Å². The lowest BCUT2D eigenvalue weighted by Crippen LogP contribution is -2.27. The summed E-state index contributed by atoms with van der Waals surface area (Å²) in [6, 6.07) is 2.96. The summed E-state index contributed by atoms with van der Waals surface area (Å²) in [5.41, 5.74) is 0.419. The highest BCUT2D eigenvalue weighted by Gasteiger charge is 2.21. The number of carbonyl (C=O) groups is 2. The number of thioether (sulfide) groups is 1. The van der Waals surface area contributed by atoms with Crippen LogP contribution in [-0.2, 0) is 4.79 Å². The van der Waals surface area contributed by atoms with Gasteiger partial charge in [-0.05, 0) is 30.7 Å². The van der Waals surface area contributed by atoms with Crippen molar-refractivity contribution in [3.05, 3.63) is 24.0 Å². The molecule has 96 valence electrons. The van der Waals surface area contributed by atoms with E-state index in [4.69, 9.17) is 5.11 Å². The van der Waals surface area contributed by atoms with E-state index < -0.39 is 5.97 Å². The Morgan fingerprint density at radius 2 is 2.28 bits per heavy atom. The third kappa shape index (κ3) is 3.22. The minimum atomic E-state index is -1.10. The number of carbonyl (C=O) groups excluding carboxylic acids is 1. The molecule has 5 nitrogen and oxygen atoms in total. The lowest BCUT2D eigenvalue weighted by molar-refractivity contribution is -0.115. The van der Waals surface area contributed by atoms with Gasteiger partial charge in [-0.1, -0.05) is 6.42 Å². The van der Waals surface area contributed by atoms with E-state index in [1.807, 2.05) is 0 Å². The third-order valence-electron chi connectivity index (χ3n) is 2.72. The Morgan fingerprint density at radius 3 is 2.94 bits per heavy atom. The minimum Gasteiger partial charge on any atom is -0.477 e. The zero-order valence-electron chi connectivity index (χ0n) is 9.76. The normalized spacial score (nSPS) is 19.2. The summed E-state index contributed by atoms with van der Waals surface area (Å²) >= 11 is 1.66. The van der Waals surface area contributed by atoms with Crippen molar-refractivity contribution in [3.8, 4) is 0 Å². The topological polar surface area (TPSA) is 79.3 Å². The molecular weight excluding hydrogens is 252 g/mol. The van der Waals surface area contributed by atoms with Crippen LogP contribution in [0.25, 0.3) is 0 Å². The monoisotopic (exact) mass is 266 g/mol. The van der Waals surface area contributed by atoms with Gasteiger partial charge in [0, 0.05) is 11.9 Å². The number of carboxylic acids is 1. The summed E-state index contributed by atoms with van der Waals surface area (Å²) in [6.07, 6.45) is 4.50. The van der Waals surface area contributed by atoms with Gasteiger partial charge in [-0.3, -0.25) is 4.79 Å². The van der Waals surface area contributed by atoms with Crippen LogP contribution >= 0.6 is 11.8 Å². The molecule has 6 heteroatoms. The highest BCUT2D eigenvalue weighted by atomic mass is 32.2. The Labute approximate surface area is 109 Å². The first-order valence-corrected chi connectivity index (χ1v) is 6.83. The molecule has 1 aliphatic rings. The van der Waals surface area contributed by atoms with Crippen LogP contribution in [0, 0.1) is 0 Å². The van der Waals surface area contributed by atoms with Gasteiger partial charge in [-0.25, -0.2) is 9.78 Å². The fourth-order valence-corrected chi connectivity index (χ4v) is 2.99. The Hall–Kier alpha value is -1.56. The molecule has 1 aromatic rings. The molecule has 1 unspecified atom stereocenters. The molecular formula is C12H14N2O3S. The first-order chi connectivity index (χ1) is 8.66. The number of anilines is 1. The van der Waals surface area contributed by atoms with Crippen molar-refractivity contribution in [1.82, 2.24) is 4.98 Å². The van der Waals surface area contributed by atoms with Gasteiger partial charge in [0.1, 0.15) is 5.69 Å². The van der Waals surface area contributed by atoms with Crippen LogP contribution in [-0.4, -0.2) is 33.0 Å². The number of nitrogens with one attached hydrogen (secondary N) is 1. The number of rotatable bonds is 3. The smallest absolute Gasteiger partial charge is 0.354 e. The molecule has 0 aromatic carbocycles. The Bertz CT molecular complexity index is 458. The largest absolute Gasteiger partial charge is 0.477 e. The maximum Gasteiger partial charge on any atom is 0.354 e. The van der Waals surface area contributed by atoms with Gasteiger partial charge >= 0.3 is 5.97 Å². The van der Waals surface area contributed by atoms with Crippen molar-refractivity contribution >= 4 is 29.3 Å². The lowest BCUT2D eigenvalue weighted by Gasteiger charge is -2.20. The predicted octanol–water partition coefficient (Wildman–Crippen LogP) is 2.00. The molecule has 0 aliphatic carbocycles. The molecule has 1 aliphatic heterocycles. The Balaban J connectivity index is 2.02. The lowest BCUT2D eigenvalue weighted by atomic mass is 10.2. The van der Waals surface area contributed by atoms with E-state index in [1.165, 1.54) is 12.3 Å². The average Bonchev–Trinajstić information content (AvgIpc) is 2.40. The molecule has 1 aromatic heterocycles. The summed E-state index contributed by atoms with van der Waals surface area (Å²) in [4.78, 5) is 26.4. The molecule has 1 fully saturated rings. The van der Waals surface area contributed by atoms with Crippen LogP contribution in [0.5, 0.6) is 0 Å². The number of carboxylic acid groups (broad SMARTS) is 1. The molecule has 2 heterocycles. The van der Waals surface area contributed by atoms with E-state index >= 15 is 0 Å². The fourth-order valence-electron chi connectivity index (χ4n) is 1.80. The van der Waals surface area contributed by atoms with E-state index in [0.29, 0.717) is 5.69 Å². The standard InChI is InChI=1S/C12H14N2O3S/c15-11(10-3-1-2-6-18-10)14-8-4-5-13-9(7-8)12(16)17/h4-5,7,10H,1-3,6H2,(H,16,17)(H,13,14,15). The predicted molar refractivity (Wildman–Crippen MR) is 69.9 cm³/mol. The molecule has 1 saturated heterocycles. The van der Waals surface area contributed by atoms with Crippen LogP contribution in [0.3, 0.4) is 0 Å². The summed E-state index contributed by atoms with van der Waals surface area (Å²) in [6.45, 7) is 0. The van der Waals surface area contributed by atoms with Crippen LogP contribution in [0.2, 0.25) is 0 Å². The average molecular weight is 266 g/mol. The van der Waals surface area contributed by atoms with E-state index in [1.54, 1.807) is 17.8 Å². The third-order valence-corrected chi connectivity index (χ3v) is 4.10. The van der Waals surface area contributed by atoms with Gasteiger partial charge in [-0.15, -0.1) is 11.8 Å². The van der Waals surface area contributed by atoms with Gasteiger partial charge in [0.05, 0.1) is 5.25 Å². The van der Waals surface area contributed by atoms with Crippen LogP contribution in [0.4, 0.5) is 5.69 Å². The molecule has 18 heavy (non-hydrogen) atoms. The van der Waals surface area contributed by atoms with E-state index in [2.05, 4.69) is 10.3 Å². The second-order valence-corrected chi connectivity index (χ2v) is 5.39. The Kier molecular flexibility index (Phi) is 4.19. The number of hydrogen-bond donors (Lipinski definition) is 2. The Morgan fingerprint density at radius 1 is 1.44 bits per heavy atom. The number of aromatic carboxylic acids is 1. The molecule has 0 bridgehead atoms. The first kappa shape index (κ1) is 12.9. The quantitative estimate of drug-likeness (QED) is 0.874. The maximum absolute atomic E-state index is 11.9. The number of nitrogens with zero attached hydrogens (tertiary/aromatic N) is 1. The summed E-state index contributed by atoms with van der Waals surface area (Å²) in [5, 5.41) is 11.5. The van der Waals surface area contributed by atoms with Crippen LogP contribution in [0.1, 0.15) is 29.8 Å². The van der Waals surface area contributed by atoms with Gasteiger partial charge in [0.15, 0.2) is 0 Å². The number of amides is 1. The second kappa shape index (κ2) is 5.86. The zero-order chi connectivity index (χ0) is 13.0. The SMILES string of the molecule is O=C(O)c1cc(NC(=O)C2CCCCS2)ccn1. The molecule has 1 amide bonds. The fraction of sp³-hybridized carbons (Fsp3) is 0.417. The van der Waals surface area contributed by atoms with Crippen molar-refractivity contribution in [2.75, 3.05) is 11.1 Å². The van der Waals surface area contributed by atoms with Crippen LogP contribution < -0.4 is 5.32 Å². The molecule has 2 N–H and O–H groups in total. The zero-order valence-corrected chi connectivity index (χ0v) is 10.6. The van der Waals surface area contributed by atoms with Gasteiger partial charge in [-0.2, -0.15) is 0 Å². The van der Waals surface area contributed by atoms with Gasteiger partial charge in [0.2, 0.25) is 5.91 Å². The van der Waals surface area contributed by atoms with Crippen molar-refractivity contribution in [2.45, 2.75) is 24.5 Å². The van der Waals surface area contributed by atoms with Gasteiger partial charge in [0.25, 0.3) is 0 Å². The number of pyridine rings is 1. The van der Waals surface area contributed by atoms with Crippen molar-refractivity contribution in [3.63, 3.8) is 0 Å². The second-order valence-electron chi connectivity index (χ2n) is 4.08. The van der Waals surface area contributed by atoms with Crippen molar-refractivity contribution < 1.29 is 14.7 Å². The van der Waals surface area contributed by atoms with E-state index in [0.717, 1.165) is 25.0 Å². The summed E-state index contributed by atoms with van der Waals surface area (Å²) in [7, 11) is 0. The minimum absolute atomic E-state index is 0.0276. The first-order valence-electron chi connectivity index (χ1n) is 5.78. The maximum atomic E-state index is 11.9. The highest BCUT2D eigenvalue weighted by Crippen LogP contribution is 2.26. The van der Waals surface area contributed by atoms with Crippen LogP contribution in [0.15, 0.2) is 18.3 Å². The number of aromatic nitrogens is 1. The van der Waals surface area contributed by atoms with Crippen molar-refractivity contribution in [2.24, 2.45) is 0 Å².